The van der Waals surface area contributed by atoms with E-state index >= 15 is 0 Å². The van der Waals surface area contributed by atoms with E-state index < -0.39 is 29.8 Å². The van der Waals surface area contributed by atoms with E-state index in [-0.39, 0.29) is 23.8 Å². The number of likely N-dealkylation sites (tertiary alicyclic amines) is 1. The Morgan fingerprint density at radius 1 is 1.33 bits per heavy atom. The Kier molecular flexibility index (Phi) is 5.62. The van der Waals surface area contributed by atoms with Crippen molar-refractivity contribution in [3.05, 3.63) is 46.5 Å². The van der Waals surface area contributed by atoms with E-state index in [9.17, 15) is 23.6 Å². The lowest BCUT2D eigenvalue weighted by molar-refractivity contribution is -0.133. The summed E-state index contributed by atoms with van der Waals surface area (Å²) in [6.07, 6.45) is 1.06. The Morgan fingerprint density at radius 2 is 2.09 bits per heavy atom. The Labute approximate surface area is 188 Å². The lowest BCUT2D eigenvalue weighted by Gasteiger charge is -2.15. The zero-order chi connectivity index (χ0) is 23.9. The van der Waals surface area contributed by atoms with Gasteiger partial charge in [-0.05, 0) is 44.5 Å². The fourth-order valence-electron chi connectivity index (χ4n) is 3.98. The summed E-state index contributed by atoms with van der Waals surface area (Å²) in [5, 5.41) is 5.18. The highest BCUT2D eigenvalue weighted by Crippen LogP contribution is 2.35. The number of H-pyrrole nitrogens is 1. The predicted octanol–water partition coefficient (Wildman–Crippen LogP) is 1.44. The van der Waals surface area contributed by atoms with Gasteiger partial charge in [0.2, 0.25) is 11.8 Å². The van der Waals surface area contributed by atoms with Gasteiger partial charge in [-0.2, -0.15) is 0 Å². The normalized spacial score (nSPS) is 18.5. The highest BCUT2D eigenvalue weighted by Gasteiger charge is 2.34. The highest BCUT2D eigenvalue weighted by atomic mass is 19.1. The van der Waals surface area contributed by atoms with Crippen molar-refractivity contribution >= 4 is 41.2 Å². The molecule has 1 atom stereocenters. The molecule has 0 bridgehead atoms. The quantitative estimate of drug-likeness (QED) is 0.504. The lowest BCUT2D eigenvalue weighted by Crippen LogP contribution is -2.44. The molecular formula is C22H22FN5O5. The van der Waals surface area contributed by atoms with Crippen molar-refractivity contribution in [2.75, 3.05) is 18.4 Å². The molecule has 0 aliphatic carbocycles. The van der Waals surface area contributed by atoms with Crippen LogP contribution in [0.1, 0.15) is 28.9 Å². The summed E-state index contributed by atoms with van der Waals surface area (Å²) < 4.78 is 19.1. The third-order valence-electron chi connectivity index (χ3n) is 5.59. The number of nitrogens with zero attached hydrogens (tertiary/aromatic N) is 1. The first-order valence-electron chi connectivity index (χ1n) is 10.2. The Hall–Kier alpha value is -4.15. The van der Waals surface area contributed by atoms with Gasteiger partial charge >= 0.3 is 6.09 Å². The van der Waals surface area contributed by atoms with Crippen LogP contribution in [-0.2, 0) is 14.4 Å². The van der Waals surface area contributed by atoms with Gasteiger partial charge in [-0.15, -0.1) is 0 Å². The molecule has 172 valence electrons. The summed E-state index contributed by atoms with van der Waals surface area (Å²) in [5.41, 5.74) is 7.95. The molecule has 3 heterocycles. The number of fused-ring (bicyclic) bond motifs is 1. The van der Waals surface area contributed by atoms with Gasteiger partial charge in [-0.3, -0.25) is 14.4 Å². The summed E-state index contributed by atoms with van der Waals surface area (Å²) in [6, 6.07) is 3.21. The standard InChI is InChI=1S/C22H22FN5O5/c1-10-17(8-14-13-7-12(23)3-4-15(13)26-20(14)30)25-11(2)19(10)33-22(32)27-16-5-6-28(21(16)31)9-18(24)29/h3-4,7-8,16,25H,5-6,9H2,1-2H3,(H2,24,29)(H,26,30)(H,27,32)/b14-8-/t16-/m0/s1. The van der Waals surface area contributed by atoms with Gasteiger partial charge in [0.1, 0.15) is 11.9 Å². The summed E-state index contributed by atoms with van der Waals surface area (Å²) in [6.45, 7) is 3.49. The number of nitrogens with one attached hydrogen (secondary N) is 3. The number of aromatic nitrogens is 1. The molecule has 2 aliphatic heterocycles. The lowest BCUT2D eigenvalue weighted by atomic mass is 10.0. The van der Waals surface area contributed by atoms with Crippen LogP contribution in [0.5, 0.6) is 5.75 Å². The third kappa shape index (κ3) is 4.29. The number of ether oxygens (including phenoxy) is 1. The van der Waals surface area contributed by atoms with Gasteiger partial charge < -0.3 is 31.0 Å². The van der Waals surface area contributed by atoms with E-state index in [1.807, 2.05) is 0 Å². The van der Waals surface area contributed by atoms with E-state index in [2.05, 4.69) is 15.6 Å². The monoisotopic (exact) mass is 455 g/mol. The van der Waals surface area contributed by atoms with Crippen molar-refractivity contribution in [3.8, 4) is 5.75 Å². The second-order valence-electron chi connectivity index (χ2n) is 7.92. The number of rotatable bonds is 5. The van der Waals surface area contributed by atoms with Crippen LogP contribution in [0.3, 0.4) is 0 Å². The minimum absolute atomic E-state index is 0.208. The molecule has 4 rings (SSSR count). The molecule has 2 aromatic rings. The summed E-state index contributed by atoms with van der Waals surface area (Å²) in [4.78, 5) is 52.5. The van der Waals surface area contributed by atoms with E-state index in [1.165, 1.54) is 23.1 Å². The maximum absolute atomic E-state index is 13.7. The molecule has 1 saturated heterocycles. The van der Waals surface area contributed by atoms with E-state index in [0.29, 0.717) is 41.2 Å². The van der Waals surface area contributed by atoms with Crippen molar-refractivity contribution in [1.82, 2.24) is 15.2 Å². The maximum Gasteiger partial charge on any atom is 0.413 e. The topological polar surface area (TPSA) is 147 Å². The van der Waals surface area contributed by atoms with Crippen molar-refractivity contribution in [2.24, 2.45) is 5.73 Å². The van der Waals surface area contributed by atoms with Crippen molar-refractivity contribution in [2.45, 2.75) is 26.3 Å². The molecule has 5 N–H and O–H groups in total. The third-order valence-corrected chi connectivity index (χ3v) is 5.59. The average Bonchev–Trinajstić information content (AvgIpc) is 3.33. The number of aromatic amines is 1. The molecule has 4 amide bonds. The molecule has 0 spiro atoms. The molecule has 1 aromatic heterocycles. The number of carbonyl (C=O) groups excluding carboxylic acids is 4. The molecule has 0 radical (unpaired) electrons. The van der Waals surface area contributed by atoms with E-state index in [0.717, 1.165) is 0 Å². The minimum atomic E-state index is -0.829. The van der Waals surface area contributed by atoms with Crippen LogP contribution in [-0.4, -0.2) is 52.8 Å². The molecule has 0 unspecified atom stereocenters. The molecule has 2 aliphatic rings. The van der Waals surface area contributed by atoms with E-state index in [1.54, 1.807) is 19.9 Å². The van der Waals surface area contributed by atoms with Crippen LogP contribution >= 0.6 is 0 Å². The maximum atomic E-state index is 13.7. The fraction of sp³-hybridized carbons (Fsp3) is 0.273. The van der Waals surface area contributed by atoms with Gasteiger partial charge in [-0.25, -0.2) is 9.18 Å². The number of benzene rings is 1. The first-order chi connectivity index (χ1) is 15.6. The first kappa shape index (κ1) is 22.1. The highest BCUT2D eigenvalue weighted by molar-refractivity contribution is 6.34. The van der Waals surface area contributed by atoms with Crippen LogP contribution in [0.25, 0.3) is 11.6 Å². The molecule has 0 saturated carbocycles. The van der Waals surface area contributed by atoms with Crippen LogP contribution in [0, 0.1) is 19.7 Å². The first-order valence-corrected chi connectivity index (χ1v) is 10.2. The Balaban J connectivity index is 1.50. The summed E-state index contributed by atoms with van der Waals surface area (Å²) in [5.74, 6) is -1.63. The smallest absolute Gasteiger partial charge is 0.408 e. The molecule has 10 nitrogen and oxygen atoms in total. The average molecular weight is 455 g/mol. The number of halogens is 1. The fourth-order valence-corrected chi connectivity index (χ4v) is 3.98. The summed E-state index contributed by atoms with van der Waals surface area (Å²) in [7, 11) is 0. The largest absolute Gasteiger partial charge is 0.413 e. The van der Waals surface area contributed by atoms with Gasteiger partial charge in [-0.1, -0.05) is 0 Å². The number of amides is 4. The van der Waals surface area contributed by atoms with Crippen LogP contribution < -0.4 is 21.1 Å². The zero-order valence-corrected chi connectivity index (χ0v) is 18.0. The van der Waals surface area contributed by atoms with E-state index in [4.69, 9.17) is 10.5 Å². The van der Waals surface area contributed by atoms with Crippen molar-refractivity contribution in [3.63, 3.8) is 0 Å². The molecule has 1 fully saturated rings. The SMILES string of the molecule is Cc1[nH]c(/C=C2\C(=O)Nc3ccc(F)cc32)c(C)c1OC(=O)N[C@H]1CCN(CC(N)=O)C1=O. The Bertz CT molecular complexity index is 1220. The second-order valence-corrected chi connectivity index (χ2v) is 7.92. The number of aryl methyl sites for hydroxylation is 1. The number of primary amides is 1. The number of carbonyl (C=O) groups is 4. The number of hydrogen-bond acceptors (Lipinski definition) is 5. The molecular weight excluding hydrogens is 433 g/mol. The number of anilines is 1. The number of nitrogens with two attached hydrogens (primary N) is 1. The van der Waals surface area contributed by atoms with Crippen molar-refractivity contribution in [1.29, 1.82) is 0 Å². The molecule has 11 heteroatoms. The minimum Gasteiger partial charge on any atom is -0.408 e. The molecule has 1 aromatic carbocycles. The van der Waals surface area contributed by atoms with Crippen LogP contribution in [0.15, 0.2) is 18.2 Å². The van der Waals surface area contributed by atoms with Gasteiger partial charge in [0.15, 0.2) is 5.75 Å². The number of hydrogen-bond donors (Lipinski definition) is 4. The zero-order valence-electron chi connectivity index (χ0n) is 18.0. The second kappa shape index (κ2) is 8.41. The van der Waals surface area contributed by atoms with Crippen LogP contribution in [0.2, 0.25) is 0 Å². The van der Waals surface area contributed by atoms with Crippen molar-refractivity contribution < 1.29 is 28.3 Å². The summed E-state index contributed by atoms with van der Waals surface area (Å²) >= 11 is 0. The van der Waals surface area contributed by atoms with Gasteiger partial charge in [0.05, 0.1) is 17.8 Å². The van der Waals surface area contributed by atoms with Crippen LogP contribution in [0.4, 0.5) is 14.9 Å². The predicted molar refractivity (Wildman–Crippen MR) is 117 cm³/mol. The van der Waals surface area contributed by atoms with Gasteiger partial charge in [0, 0.05) is 29.1 Å². The molecule has 33 heavy (non-hydrogen) atoms. The Morgan fingerprint density at radius 3 is 2.82 bits per heavy atom. The van der Waals surface area contributed by atoms with Gasteiger partial charge in [0.25, 0.3) is 5.91 Å².